The van der Waals surface area contributed by atoms with Crippen molar-refractivity contribution in [2.45, 2.75) is 12.8 Å². The fourth-order valence-electron chi connectivity index (χ4n) is 4.16. The lowest BCUT2D eigenvalue weighted by molar-refractivity contribution is -0.384. The zero-order valence-electron chi connectivity index (χ0n) is 17.1. The maximum atomic E-state index is 12.8. The number of ether oxygens (including phenoxy) is 1. The van der Waals surface area contributed by atoms with E-state index < -0.39 is 0 Å². The van der Waals surface area contributed by atoms with E-state index >= 15 is 0 Å². The van der Waals surface area contributed by atoms with E-state index in [9.17, 15) is 14.9 Å². The van der Waals surface area contributed by atoms with E-state index in [-0.39, 0.29) is 16.5 Å². The molecular weight excluding hydrogens is 384 g/mol. The quantitative estimate of drug-likeness (QED) is 0.557. The average molecular weight is 410 g/mol. The number of amides is 1. The van der Waals surface area contributed by atoms with Crippen LogP contribution in [0.2, 0.25) is 0 Å². The zero-order chi connectivity index (χ0) is 21.1. The Hall–Kier alpha value is -3.29. The van der Waals surface area contributed by atoms with Crippen molar-refractivity contribution < 1.29 is 14.5 Å². The van der Waals surface area contributed by atoms with Gasteiger partial charge in [-0.25, -0.2) is 0 Å². The lowest BCUT2D eigenvalue weighted by atomic mass is 10.1. The molecule has 158 valence electrons. The Bertz CT molecular complexity index is 917. The molecule has 8 nitrogen and oxygen atoms in total. The second-order valence-corrected chi connectivity index (χ2v) is 7.63. The second kappa shape index (κ2) is 8.61. The minimum Gasteiger partial charge on any atom is -0.497 e. The number of nitrogens with zero attached hydrogens (tertiary/aromatic N) is 4. The predicted octanol–water partition coefficient (Wildman–Crippen LogP) is 3.17. The van der Waals surface area contributed by atoms with Crippen molar-refractivity contribution in [2.24, 2.45) is 0 Å². The standard InChI is InChI=1S/C22H26N4O4/c1-30-19-7-4-17(5-8-19)22(27)25-14-12-23(13-15-25)18-6-9-20(26(28)29)21(16-18)24-10-2-3-11-24/h4-9,16H,2-3,10-15H2,1H3. The number of nitro groups is 1. The summed E-state index contributed by atoms with van der Waals surface area (Å²) in [6.07, 6.45) is 2.13. The maximum absolute atomic E-state index is 12.8. The highest BCUT2D eigenvalue weighted by atomic mass is 16.6. The molecule has 2 aliphatic heterocycles. The van der Waals surface area contributed by atoms with Gasteiger partial charge in [0.15, 0.2) is 0 Å². The topological polar surface area (TPSA) is 79.2 Å². The van der Waals surface area contributed by atoms with Gasteiger partial charge in [0.05, 0.1) is 12.0 Å². The molecule has 0 spiro atoms. The number of carbonyl (C=O) groups is 1. The summed E-state index contributed by atoms with van der Waals surface area (Å²) in [5, 5.41) is 11.5. The molecule has 0 aliphatic carbocycles. The van der Waals surface area contributed by atoms with Crippen molar-refractivity contribution in [3.05, 3.63) is 58.1 Å². The molecule has 2 saturated heterocycles. The molecule has 0 atom stereocenters. The maximum Gasteiger partial charge on any atom is 0.292 e. The van der Waals surface area contributed by atoms with Gasteiger partial charge in [-0.3, -0.25) is 14.9 Å². The molecule has 0 unspecified atom stereocenters. The van der Waals surface area contributed by atoms with E-state index in [1.807, 2.05) is 17.0 Å². The molecule has 2 fully saturated rings. The van der Waals surface area contributed by atoms with Crippen LogP contribution in [-0.2, 0) is 0 Å². The van der Waals surface area contributed by atoms with Gasteiger partial charge in [-0.1, -0.05) is 0 Å². The first-order valence-electron chi connectivity index (χ1n) is 10.3. The van der Waals surface area contributed by atoms with E-state index in [0.29, 0.717) is 37.4 Å². The van der Waals surface area contributed by atoms with Crippen molar-refractivity contribution in [3.8, 4) is 5.75 Å². The first-order chi connectivity index (χ1) is 14.6. The molecule has 0 saturated carbocycles. The van der Waals surface area contributed by atoms with Crippen LogP contribution in [0, 0.1) is 10.1 Å². The van der Waals surface area contributed by atoms with Gasteiger partial charge in [-0.2, -0.15) is 0 Å². The Morgan fingerprint density at radius 2 is 1.60 bits per heavy atom. The van der Waals surface area contributed by atoms with Gasteiger partial charge in [0.1, 0.15) is 11.4 Å². The zero-order valence-corrected chi connectivity index (χ0v) is 17.1. The predicted molar refractivity (Wildman–Crippen MR) is 116 cm³/mol. The van der Waals surface area contributed by atoms with Crippen LogP contribution in [0.1, 0.15) is 23.2 Å². The Kier molecular flexibility index (Phi) is 5.74. The number of benzene rings is 2. The summed E-state index contributed by atoms with van der Waals surface area (Å²) in [6.45, 7) is 4.32. The molecule has 4 rings (SSSR count). The molecule has 2 aromatic rings. The third-order valence-corrected chi connectivity index (χ3v) is 5.87. The van der Waals surface area contributed by atoms with E-state index in [1.165, 1.54) is 0 Å². The summed E-state index contributed by atoms with van der Waals surface area (Å²) in [6, 6.07) is 12.5. The van der Waals surface area contributed by atoms with Crippen LogP contribution in [0.4, 0.5) is 17.1 Å². The van der Waals surface area contributed by atoms with Crippen LogP contribution in [0.25, 0.3) is 0 Å². The molecule has 0 N–H and O–H groups in total. The molecule has 2 aliphatic rings. The van der Waals surface area contributed by atoms with Gasteiger partial charge >= 0.3 is 0 Å². The summed E-state index contributed by atoms with van der Waals surface area (Å²) < 4.78 is 5.15. The number of methoxy groups -OCH3 is 1. The third kappa shape index (κ3) is 4.03. The van der Waals surface area contributed by atoms with Gasteiger partial charge < -0.3 is 19.4 Å². The highest BCUT2D eigenvalue weighted by Gasteiger charge is 2.26. The van der Waals surface area contributed by atoms with Gasteiger partial charge in [0.25, 0.3) is 11.6 Å². The van der Waals surface area contributed by atoms with Gasteiger partial charge in [0.2, 0.25) is 0 Å². The smallest absolute Gasteiger partial charge is 0.292 e. The van der Waals surface area contributed by atoms with Crippen LogP contribution >= 0.6 is 0 Å². The lowest BCUT2D eigenvalue weighted by Gasteiger charge is -2.36. The lowest BCUT2D eigenvalue weighted by Crippen LogP contribution is -2.48. The van der Waals surface area contributed by atoms with Crippen molar-refractivity contribution in [1.82, 2.24) is 4.90 Å². The number of nitro benzene ring substituents is 1. The van der Waals surface area contributed by atoms with E-state index in [4.69, 9.17) is 4.74 Å². The normalized spacial score (nSPS) is 16.6. The van der Waals surface area contributed by atoms with E-state index in [1.54, 1.807) is 37.4 Å². The van der Waals surface area contributed by atoms with Crippen LogP contribution < -0.4 is 14.5 Å². The largest absolute Gasteiger partial charge is 0.497 e. The summed E-state index contributed by atoms with van der Waals surface area (Å²) in [7, 11) is 1.60. The highest BCUT2D eigenvalue weighted by molar-refractivity contribution is 5.94. The van der Waals surface area contributed by atoms with E-state index in [2.05, 4.69) is 9.80 Å². The average Bonchev–Trinajstić information content (AvgIpc) is 3.33. The summed E-state index contributed by atoms with van der Waals surface area (Å²) in [5.74, 6) is 0.738. The third-order valence-electron chi connectivity index (χ3n) is 5.87. The van der Waals surface area contributed by atoms with Crippen LogP contribution in [-0.4, -0.2) is 62.1 Å². The molecule has 0 bridgehead atoms. The minimum atomic E-state index is -0.303. The number of hydrogen-bond donors (Lipinski definition) is 0. The van der Waals surface area contributed by atoms with Crippen LogP contribution in [0.5, 0.6) is 5.75 Å². The minimum absolute atomic E-state index is 0.0127. The molecule has 2 heterocycles. The van der Waals surface area contributed by atoms with Crippen molar-refractivity contribution in [1.29, 1.82) is 0 Å². The summed E-state index contributed by atoms with van der Waals surface area (Å²) >= 11 is 0. The fourth-order valence-corrected chi connectivity index (χ4v) is 4.16. The SMILES string of the molecule is COc1ccc(C(=O)N2CCN(c3ccc([N+](=O)[O-])c(N4CCCC4)c3)CC2)cc1. The molecule has 2 aromatic carbocycles. The molecule has 0 radical (unpaired) electrons. The fraction of sp³-hybridized carbons (Fsp3) is 0.409. The molecule has 30 heavy (non-hydrogen) atoms. The molecule has 8 heteroatoms. The number of carbonyl (C=O) groups excluding carboxylic acids is 1. The van der Waals surface area contributed by atoms with Crippen LogP contribution in [0.15, 0.2) is 42.5 Å². The Morgan fingerprint density at radius 3 is 2.20 bits per heavy atom. The molecular formula is C22H26N4O4. The second-order valence-electron chi connectivity index (χ2n) is 7.63. The first kappa shape index (κ1) is 20.0. The molecule has 0 aromatic heterocycles. The van der Waals surface area contributed by atoms with E-state index in [0.717, 1.165) is 37.4 Å². The Labute approximate surface area is 175 Å². The van der Waals surface area contributed by atoms with Gasteiger partial charge in [0, 0.05) is 56.6 Å². The first-order valence-corrected chi connectivity index (χ1v) is 10.3. The number of hydrogen-bond acceptors (Lipinski definition) is 6. The number of anilines is 2. The van der Waals surface area contributed by atoms with Crippen molar-refractivity contribution in [3.63, 3.8) is 0 Å². The molecule has 1 amide bonds. The summed E-state index contributed by atoms with van der Waals surface area (Å²) in [5.41, 5.74) is 2.48. The van der Waals surface area contributed by atoms with Crippen LogP contribution in [0.3, 0.4) is 0 Å². The summed E-state index contributed by atoms with van der Waals surface area (Å²) in [4.78, 5) is 30.1. The number of rotatable bonds is 5. The number of piperazine rings is 1. The van der Waals surface area contributed by atoms with Gasteiger partial charge in [-0.15, -0.1) is 0 Å². The highest BCUT2D eigenvalue weighted by Crippen LogP contribution is 2.35. The monoisotopic (exact) mass is 410 g/mol. The Morgan fingerprint density at radius 1 is 0.933 bits per heavy atom. The van der Waals surface area contributed by atoms with Crippen molar-refractivity contribution >= 4 is 23.0 Å². The Balaban J connectivity index is 1.45. The van der Waals surface area contributed by atoms with Crippen molar-refractivity contribution in [2.75, 3.05) is 56.2 Å². The van der Waals surface area contributed by atoms with Gasteiger partial charge in [-0.05, 0) is 49.2 Å².